The molecule has 120 valence electrons. The van der Waals surface area contributed by atoms with E-state index in [0.29, 0.717) is 10.7 Å². The summed E-state index contributed by atoms with van der Waals surface area (Å²) in [6.45, 7) is 7.23. The monoisotopic (exact) mass is 322 g/mol. The Kier molecular flexibility index (Phi) is 6.35. The summed E-state index contributed by atoms with van der Waals surface area (Å²) in [7, 11) is 0. The van der Waals surface area contributed by atoms with Crippen molar-refractivity contribution in [1.29, 1.82) is 0 Å². The molecular formula is C15H22ClF3N2. The van der Waals surface area contributed by atoms with Crippen molar-refractivity contribution in [2.75, 3.05) is 18.0 Å². The smallest absolute Gasteiger partial charge is 0.359 e. The van der Waals surface area contributed by atoms with E-state index >= 15 is 0 Å². The third kappa shape index (κ3) is 5.40. The molecule has 0 aliphatic rings. The van der Waals surface area contributed by atoms with Crippen molar-refractivity contribution in [3.8, 4) is 0 Å². The van der Waals surface area contributed by atoms with E-state index in [1.807, 2.05) is 19.9 Å². The highest BCUT2D eigenvalue weighted by atomic mass is 35.5. The molecule has 1 rings (SSSR count). The van der Waals surface area contributed by atoms with Gasteiger partial charge >= 0.3 is 6.18 Å². The molecule has 2 nitrogen and oxygen atoms in total. The van der Waals surface area contributed by atoms with Gasteiger partial charge in [0.05, 0.1) is 10.7 Å². The molecule has 0 saturated heterocycles. The number of benzene rings is 1. The van der Waals surface area contributed by atoms with E-state index in [-0.39, 0.29) is 12.1 Å². The van der Waals surface area contributed by atoms with Gasteiger partial charge in [0.15, 0.2) is 0 Å². The fourth-order valence-electron chi connectivity index (χ4n) is 2.19. The molecule has 6 heteroatoms. The zero-order chi connectivity index (χ0) is 16.2. The van der Waals surface area contributed by atoms with Crippen LogP contribution in [0.25, 0.3) is 0 Å². The number of nitrogens with zero attached hydrogens (tertiary/aromatic N) is 1. The highest BCUT2D eigenvalue weighted by molar-refractivity contribution is 6.33. The minimum Gasteiger partial charge on any atom is -0.359 e. The van der Waals surface area contributed by atoms with Crippen LogP contribution in [0.2, 0.25) is 5.02 Å². The number of nitrogens with one attached hydrogen (secondary N) is 1. The van der Waals surface area contributed by atoms with E-state index < -0.39 is 12.7 Å². The van der Waals surface area contributed by atoms with Gasteiger partial charge in [-0.15, -0.1) is 0 Å². The van der Waals surface area contributed by atoms with Crippen LogP contribution in [0.4, 0.5) is 18.9 Å². The lowest BCUT2D eigenvalue weighted by Crippen LogP contribution is -2.39. The van der Waals surface area contributed by atoms with E-state index in [4.69, 9.17) is 11.6 Å². The van der Waals surface area contributed by atoms with Gasteiger partial charge in [-0.1, -0.05) is 24.6 Å². The molecule has 0 aliphatic heterocycles. The molecule has 0 fully saturated rings. The second-order valence-electron chi connectivity index (χ2n) is 5.33. The van der Waals surface area contributed by atoms with E-state index in [1.165, 1.54) is 4.90 Å². The average Bonchev–Trinajstić information content (AvgIpc) is 2.35. The predicted octanol–water partition coefficient (Wildman–Crippen LogP) is 4.79. The Hall–Kier alpha value is -0.940. The van der Waals surface area contributed by atoms with Crippen LogP contribution in [-0.4, -0.2) is 25.3 Å². The van der Waals surface area contributed by atoms with Gasteiger partial charge in [0.2, 0.25) is 0 Å². The van der Waals surface area contributed by atoms with E-state index in [9.17, 15) is 13.2 Å². The molecule has 1 aromatic carbocycles. The molecule has 0 aliphatic carbocycles. The molecule has 0 bridgehead atoms. The number of anilines is 1. The van der Waals surface area contributed by atoms with Crippen LogP contribution in [0.15, 0.2) is 18.2 Å². The van der Waals surface area contributed by atoms with Gasteiger partial charge < -0.3 is 10.2 Å². The second-order valence-corrected chi connectivity index (χ2v) is 5.73. The molecule has 0 heterocycles. The minimum atomic E-state index is -4.26. The Balaban J connectivity index is 3.05. The first-order valence-electron chi connectivity index (χ1n) is 7.02. The summed E-state index contributed by atoms with van der Waals surface area (Å²) in [5, 5.41) is 3.59. The SMILES string of the molecule is CCNC(C)c1ccc(N(CC(F)(F)F)C(C)C)c(Cl)c1. The molecule has 1 unspecified atom stereocenters. The molecule has 0 radical (unpaired) electrons. The summed E-state index contributed by atoms with van der Waals surface area (Å²) in [4.78, 5) is 1.27. The van der Waals surface area contributed by atoms with Gasteiger partial charge in [0.25, 0.3) is 0 Å². The highest BCUT2D eigenvalue weighted by Gasteiger charge is 2.32. The number of halogens is 4. The lowest BCUT2D eigenvalue weighted by molar-refractivity contribution is -0.120. The fraction of sp³-hybridized carbons (Fsp3) is 0.600. The van der Waals surface area contributed by atoms with Crippen molar-refractivity contribution in [3.05, 3.63) is 28.8 Å². The van der Waals surface area contributed by atoms with Crippen molar-refractivity contribution >= 4 is 17.3 Å². The quantitative estimate of drug-likeness (QED) is 0.810. The number of hydrogen-bond donors (Lipinski definition) is 1. The standard InChI is InChI=1S/C15H22ClF3N2/c1-5-20-11(4)12-6-7-14(13(16)8-12)21(10(2)3)9-15(17,18)19/h6-8,10-11,20H,5,9H2,1-4H3. The lowest BCUT2D eigenvalue weighted by Gasteiger charge is -2.31. The van der Waals surface area contributed by atoms with Gasteiger partial charge in [-0.2, -0.15) is 13.2 Å². The first-order chi connectivity index (χ1) is 9.65. The lowest BCUT2D eigenvalue weighted by atomic mass is 10.1. The normalized spacial score (nSPS) is 13.6. The Bertz CT molecular complexity index is 461. The Morgan fingerprint density at radius 2 is 1.86 bits per heavy atom. The molecule has 0 amide bonds. The van der Waals surface area contributed by atoms with Crippen LogP contribution < -0.4 is 10.2 Å². The molecule has 0 aromatic heterocycles. The van der Waals surface area contributed by atoms with Gasteiger partial charge in [-0.3, -0.25) is 0 Å². The Labute approximate surface area is 129 Å². The summed E-state index contributed by atoms with van der Waals surface area (Å²) < 4.78 is 38.1. The summed E-state index contributed by atoms with van der Waals surface area (Å²) in [5.41, 5.74) is 1.37. The highest BCUT2D eigenvalue weighted by Crippen LogP contribution is 2.32. The molecule has 1 atom stereocenters. The van der Waals surface area contributed by atoms with Crippen molar-refractivity contribution in [3.63, 3.8) is 0 Å². The van der Waals surface area contributed by atoms with Crippen molar-refractivity contribution < 1.29 is 13.2 Å². The Morgan fingerprint density at radius 1 is 1.24 bits per heavy atom. The largest absolute Gasteiger partial charge is 0.405 e. The summed E-state index contributed by atoms with van der Waals surface area (Å²) in [6.07, 6.45) is -4.26. The van der Waals surface area contributed by atoms with Crippen molar-refractivity contribution in [2.24, 2.45) is 0 Å². The maximum Gasteiger partial charge on any atom is 0.405 e. The number of rotatable bonds is 6. The van der Waals surface area contributed by atoms with Crippen LogP contribution in [0, 0.1) is 0 Å². The van der Waals surface area contributed by atoms with Gasteiger partial charge in [-0.05, 0) is 45.0 Å². The summed E-state index contributed by atoms with van der Waals surface area (Å²) >= 11 is 6.20. The first-order valence-corrected chi connectivity index (χ1v) is 7.39. The zero-order valence-corrected chi connectivity index (χ0v) is 13.5. The zero-order valence-electron chi connectivity index (χ0n) is 12.8. The van der Waals surface area contributed by atoms with Crippen LogP contribution in [0.3, 0.4) is 0 Å². The molecule has 0 spiro atoms. The number of hydrogen-bond acceptors (Lipinski definition) is 2. The van der Waals surface area contributed by atoms with Crippen molar-refractivity contribution in [1.82, 2.24) is 5.32 Å². The minimum absolute atomic E-state index is 0.108. The number of alkyl halides is 3. The molecule has 1 N–H and O–H groups in total. The van der Waals surface area contributed by atoms with Gasteiger partial charge in [0.1, 0.15) is 6.54 Å². The molecule has 1 aromatic rings. The third-order valence-corrected chi connectivity index (χ3v) is 3.57. The molecule has 0 saturated carbocycles. The van der Waals surface area contributed by atoms with E-state index in [1.54, 1.807) is 26.0 Å². The third-order valence-electron chi connectivity index (χ3n) is 3.26. The van der Waals surface area contributed by atoms with E-state index in [0.717, 1.165) is 12.1 Å². The predicted molar refractivity (Wildman–Crippen MR) is 82.1 cm³/mol. The Morgan fingerprint density at radius 3 is 2.29 bits per heavy atom. The maximum absolute atomic E-state index is 12.7. The maximum atomic E-state index is 12.7. The van der Waals surface area contributed by atoms with E-state index in [2.05, 4.69) is 5.32 Å². The topological polar surface area (TPSA) is 15.3 Å². The van der Waals surface area contributed by atoms with Crippen LogP contribution in [-0.2, 0) is 0 Å². The van der Waals surface area contributed by atoms with Gasteiger partial charge in [-0.25, -0.2) is 0 Å². The second kappa shape index (κ2) is 7.36. The first kappa shape index (κ1) is 18.1. The fourth-order valence-corrected chi connectivity index (χ4v) is 2.49. The van der Waals surface area contributed by atoms with Gasteiger partial charge in [0, 0.05) is 12.1 Å². The molecule has 21 heavy (non-hydrogen) atoms. The molecular weight excluding hydrogens is 301 g/mol. The van der Waals surface area contributed by atoms with Crippen LogP contribution in [0.5, 0.6) is 0 Å². The van der Waals surface area contributed by atoms with Crippen LogP contribution in [0.1, 0.15) is 39.3 Å². The van der Waals surface area contributed by atoms with Crippen LogP contribution >= 0.6 is 11.6 Å². The summed E-state index contributed by atoms with van der Waals surface area (Å²) in [5.74, 6) is 0. The average molecular weight is 323 g/mol. The summed E-state index contributed by atoms with van der Waals surface area (Å²) in [6, 6.07) is 5.03. The van der Waals surface area contributed by atoms with Crippen molar-refractivity contribution in [2.45, 2.75) is 46.0 Å².